The van der Waals surface area contributed by atoms with Crippen LogP contribution in [0.1, 0.15) is 46.1 Å². The van der Waals surface area contributed by atoms with Gasteiger partial charge in [-0.1, -0.05) is 32.9 Å². The molecule has 1 unspecified atom stereocenters. The Kier molecular flexibility index (Phi) is 7.88. The van der Waals surface area contributed by atoms with Crippen LogP contribution in [-0.2, 0) is 6.42 Å². The normalized spacial score (nSPS) is 12.6. The molecule has 0 bridgehead atoms. The lowest BCUT2D eigenvalue weighted by Crippen LogP contribution is -2.05. The zero-order valence-corrected chi connectivity index (χ0v) is 13.6. The molecule has 0 saturated heterocycles. The van der Waals surface area contributed by atoms with Gasteiger partial charge in [0.15, 0.2) is 11.5 Å². The summed E-state index contributed by atoms with van der Waals surface area (Å²) in [6.45, 7) is 9.30. The van der Waals surface area contributed by atoms with Gasteiger partial charge in [0, 0.05) is 6.07 Å². The van der Waals surface area contributed by atoms with Crippen LogP contribution in [0.15, 0.2) is 24.3 Å². The van der Waals surface area contributed by atoms with E-state index in [4.69, 9.17) is 9.47 Å². The second-order valence-corrected chi connectivity index (χ2v) is 5.29. The van der Waals surface area contributed by atoms with Crippen LogP contribution in [0, 0.1) is 11.7 Å². The van der Waals surface area contributed by atoms with Crippen LogP contribution in [0.2, 0.25) is 0 Å². The quantitative estimate of drug-likeness (QED) is 0.586. The van der Waals surface area contributed by atoms with Gasteiger partial charge in [-0.2, -0.15) is 0 Å². The molecule has 0 fully saturated rings. The standard InChI is InChI=1S/C18H27FO2/c1-5-8-14(4)11-15-12-17(20-9-6-2)18(13-16(15)19)21-10-7-3/h5,8,12-14H,6-7,9-11H2,1-4H3/b8-5-. The highest BCUT2D eigenvalue weighted by Gasteiger charge is 2.13. The molecule has 0 aliphatic rings. The van der Waals surface area contributed by atoms with Crippen molar-refractivity contribution in [1.29, 1.82) is 0 Å². The van der Waals surface area contributed by atoms with Crippen molar-refractivity contribution < 1.29 is 13.9 Å². The number of benzene rings is 1. The third-order valence-corrected chi connectivity index (χ3v) is 3.10. The molecule has 0 N–H and O–H groups in total. The number of allylic oxidation sites excluding steroid dienone is 2. The molecule has 1 rings (SSSR count). The van der Waals surface area contributed by atoms with Crippen molar-refractivity contribution in [3.8, 4) is 11.5 Å². The SMILES string of the molecule is C/C=C\C(C)Cc1cc(OCCC)c(OCCC)cc1F. The molecule has 21 heavy (non-hydrogen) atoms. The summed E-state index contributed by atoms with van der Waals surface area (Å²) < 4.78 is 25.5. The number of hydrogen-bond acceptors (Lipinski definition) is 2. The van der Waals surface area contributed by atoms with Crippen molar-refractivity contribution in [2.75, 3.05) is 13.2 Å². The summed E-state index contributed by atoms with van der Waals surface area (Å²) >= 11 is 0. The van der Waals surface area contributed by atoms with Crippen LogP contribution >= 0.6 is 0 Å². The average molecular weight is 294 g/mol. The summed E-state index contributed by atoms with van der Waals surface area (Å²) in [7, 11) is 0. The Morgan fingerprint density at radius 3 is 2.19 bits per heavy atom. The van der Waals surface area contributed by atoms with Gasteiger partial charge in [-0.05, 0) is 43.7 Å². The second-order valence-electron chi connectivity index (χ2n) is 5.29. The summed E-state index contributed by atoms with van der Waals surface area (Å²) in [5.41, 5.74) is 0.676. The van der Waals surface area contributed by atoms with Crippen LogP contribution in [0.3, 0.4) is 0 Å². The fourth-order valence-corrected chi connectivity index (χ4v) is 2.13. The van der Waals surface area contributed by atoms with E-state index in [0.717, 1.165) is 12.8 Å². The molecule has 0 spiro atoms. The molecule has 118 valence electrons. The molecule has 1 aromatic carbocycles. The predicted molar refractivity (Wildman–Crippen MR) is 85.7 cm³/mol. The molecule has 2 nitrogen and oxygen atoms in total. The van der Waals surface area contributed by atoms with E-state index in [9.17, 15) is 4.39 Å². The molecule has 1 atom stereocenters. The molecule has 0 radical (unpaired) electrons. The van der Waals surface area contributed by atoms with E-state index in [-0.39, 0.29) is 5.82 Å². The average Bonchev–Trinajstić information content (AvgIpc) is 2.46. The fourth-order valence-electron chi connectivity index (χ4n) is 2.13. The fraction of sp³-hybridized carbons (Fsp3) is 0.556. The van der Waals surface area contributed by atoms with Gasteiger partial charge in [0.05, 0.1) is 13.2 Å². The lowest BCUT2D eigenvalue weighted by atomic mass is 10.00. The van der Waals surface area contributed by atoms with Gasteiger partial charge >= 0.3 is 0 Å². The number of rotatable bonds is 9. The van der Waals surface area contributed by atoms with Crippen molar-refractivity contribution >= 4 is 0 Å². The zero-order valence-electron chi connectivity index (χ0n) is 13.6. The molecule has 0 aromatic heterocycles. The maximum atomic E-state index is 14.2. The van der Waals surface area contributed by atoms with E-state index in [1.165, 1.54) is 6.07 Å². The van der Waals surface area contributed by atoms with E-state index < -0.39 is 0 Å². The van der Waals surface area contributed by atoms with Gasteiger partial charge in [-0.15, -0.1) is 0 Å². The van der Waals surface area contributed by atoms with E-state index in [0.29, 0.717) is 42.6 Å². The maximum Gasteiger partial charge on any atom is 0.164 e. The Morgan fingerprint density at radius 2 is 1.67 bits per heavy atom. The first-order valence-electron chi connectivity index (χ1n) is 7.83. The Labute approximate surface area is 128 Å². The Hall–Kier alpha value is -1.51. The zero-order chi connectivity index (χ0) is 15.7. The minimum Gasteiger partial charge on any atom is -0.490 e. The third-order valence-electron chi connectivity index (χ3n) is 3.10. The molecular formula is C18H27FO2. The molecule has 3 heteroatoms. The number of halogens is 1. The smallest absolute Gasteiger partial charge is 0.164 e. The van der Waals surface area contributed by atoms with E-state index in [2.05, 4.69) is 13.0 Å². The van der Waals surface area contributed by atoms with Crippen LogP contribution in [0.5, 0.6) is 11.5 Å². The Balaban J connectivity index is 2.98. The Morgan fingerprint density at radius 1 is 1.10 bits per heavy atom. The highest BCUT2D eigenvalue weighted by molar-refractivity contribution is 5.44. The molecule has 1 aromatic rings. The molecule has 0 aliphatic carbocycles. The lowest BCUT2D eigenvalue weighted by Gasteiger charge is -2.15. The van der Waals surface area contributed by atoms with Gasteiger partial charge < -0.3 is 9.47 Å². The Bertz CT molecular complexity index is 455. The van der Waals surface area contributed by atoms with Gasteiger partial charge in [-0.3, -0.25) is 0 Å². The first-order valence-corrected chi connectivity index (χ1v) is 7.83. The highest BCUT2D eigenvalue weighted by atomic mass is 19.1. The summed E-state index contributed by atoms with van der Waals surface area (Å²) in [6.07, 6.45) is 6.53. The maximum absolute atomic E-state index is 14.2. The van der Waals surface area contributed by atoms with Crippen molar-refractivity contribution in [3.63, 3.8) is 0 Å². The summed E-state index contributed by atoms with van der Waals surface area (Å²) in [5.74, 6) is 1.23. The van der Waals surface area contributed by atoms with E-state index >= 15 is 0 Å². The van der Waals surface area contributed by atoms with Crippen LogP contribution in [-0.4, -0.2) is 13.2 Å². The predicted octanol–water partition coefficient (Wildman–Crippen LogP) is 5.16. The number of ether oxygens (including phenoxy) is 2. The number of hydrogen-bond donors (Lipinski definition) is 0. The summed E-state index contributed by atoms with van der Waals surface area (Å²) in [5, 5.41) is 0. The monoisotopic (exact) mass is 294 g/mol. The largest absolute Gasteiger partial charge is 0.490 e. The van der Waals surface area contributed by atoms with Crippen LogP contribution in [0.25, 0.3) is 0 Å². The molecule has 0 saturated carbocycles. The van der Waals surface area contributed by atoms with E-state index in [1.54, 1.807) is 6.07 Å². The van der Waals surface area contributed by atoms with Crippen LogP contribution < -0.4 is 9.47 Å². The van der Waals surface area contributed by atoms with Crippen molar-refractivity contribution in [3.05, 3.63) is 35.7 Å². The molecule has 0 heterocycles. The minimum absolute atomic E-state index is 0.221. The van der Waals surface area contributed by atoms with Crippen molar-refractivity contribution in [1.82, 2.24) is 0 Å². The van der Waals surface area contributed by atoms with Gasteiger partial charge in [0.2, 0.25) is 0 Å². The first kappa shape index (κ1) is 17.5. The van der Waals surface area contributed by atoms with Crippen molar-refractivity contribution in [2.24, 2.45) is 5.92 Å². The van der Waals surface area contributed by atoms with E-state index in [1.807, 2.05) is 26.8 Å². The highest BCUT2D eigenvalue weighted by Crippen LogP contribution is 2.32. The van der Waals surface area contributed by atoms with Crippen molar-refractivity contribution in [2.45, 2.75) is 47.0 Å². The van der Waals surface area contributed by atoms with Gasteiger partial charge in [-0.25, -0.2) is 4.39 Å². The second kappa shape index (κ2) is 9.43. The van der Waals surface area contributed by atoms with Gasteiger partial charge in [0.25, 0.3) is 0 Å². The summed E-state index contributed by atoms with van der Waals surface area (Å²) in [6, 6.07) is 3.24. The topological polar surface area (TPSA) is 18.5 Å². The molecular weight excluding hydrogens is 267 g/mol. The summed E-state index contributed by atoms with van der Waals surface area (Å²) in [4.78, 5) is 0. The van der Waals surface area contributed by atoms with Crippen LogP contribution in [0.4, 0.5) is 4.39 Å². The minimum atomic E-state index is -0.221. The lowest BCUT2D eigenvalue weighted by molar-refractivity contribution is 0.266. The third kappa shape index (κ3) is 5.78. The van der Waals surface area contributed by atoms with Gasteiger partial charge in [0.1, 0.15) is 5.82 Å². The molecule has 0 amide bonds. The first-order chi connectivity index (χ1) is 10.1. The molecule has 0 aliphatic heterocycles.